The molecule has 0 aliphatic rings. The van der Waals surface area contributed by atoms with Crippen molar-refractivity contribution in [2.45, 2.75) is 6.92 Å². The van der Waals surface area contributed by atoms with E-state index in [0.29, 0.717) is 11.0 Å². The van der Waals surface area contributed by atoms with Crippen LogP contribution in [0.2, 0.25) is 5.22 Å². The fourth-order valence-corrected chi connectivity index (χ4v) is 1.87. The lowest BCUT2D eigenvalue weighted by Gasteiger charge is -1.95. The van der Waals surface area contributed by atoms with Gasteiger partial charge in [-0.3, -0.25) is 0 Å². The summed E-state index contributed by atoms with van der Waals surface area (Å²) < 4.78 is 7.35. The Morgan fingerprint density at radius 3 is 2.81 bits per heavy atom. The van der Waals surface area contributed by atoms with Crippen molar-refractivity contribution in [3.8, 4) is 11.5 Å². The van der Waals surface area contributed by atoms with Crippen LogP contribution in [0.25, 0.3) is 17.1 Å². The summed E-state index contributed by atoms with van der Waals surface area (Å²) in [6.45, 7) is 2.04. The van der Waals surface area contributed by atoms with E-state index in [1.807, 2.05) is 41.8 Å². The Morgan fingerprint density at radius 1 is 1.25 bits per heavy atom. The average Bonchev–Trinajstić information content (AvgIpc) is 2.84. The smallest absolute Gasteiger partial charge is 0.194 e. The first kappa shape index (κ1) is 9.48. The van der Waals surface area contributed by atoms with Gasteiger partial charge in [-0.05, 0) is 42.8 Å². The van der Waals surface area contributed by atoms with Crippen LogP contribution in [0, 0.1) is 6.92 Å². The van der Waals surface area contributed by atoms with Gasteiger partial charge >= 0.3 is 0 Å². The number of imidazole rings is 1. The SMILES string of the molecule is Cc1cccc2nc(-c3ccc(Cl)o3)cn12. The molecular formula is C12H9ClN2O. The summed E-state index contributed by atoms with van der Waals surface area (Å²) in [4.78, 5) is 4.47. The summed E-state index contributed by atoms with van der Waals surface area (Å²) in [5, 5.41) is 0.378. The van der Waals surface area contributed by atoms with Crippen LogP contribution in [0.3, 0.4) is 0 Å². The first-order valence-corrected chi connectivity index (χ1v) is 5.32. The van der Waals surface area contributed by atoms with Crippen molar-refractivity contribution in [1.29, 1.82) is 0 Å². The topological polar surface area (TPSA) is 30.4 Å². The van der Waals surface area contributed by atoms with E-state index in [9.17, 15) is 0 Å². The van der Waals surface area contributed by atoms with Crippen molar-refractivity contribution in [1.82, 2.24) is 9.38 Å². The van der Waals surface area contributed by atoms with Crippen LogP contribution < -0.4 is 0 Å². The van der Waals surface area contributed by atoms with E-state index >= 15 is 0 Å². The fourth-order valence-electron chi connectivity index (χ4n) is 1.72. The monoisotopic (exact) mass is 232 g/mol. The van der Waals surface area contributed by atoms with Gasteiger partial charge in [0.15, 0.2) is 11.0 Å². The molecule has 0 fully saturated rings. The Balaban J connectivity index is 2.22. The van der Waals surface area contributed by atoms with Gasteiger partial charge in [-0.25, -0.2) is 4.98 Å². The summed E-state index contributed by atoms with van der Waals surface area (Å²) in [6.07, 6.45) is 1.94. The predicted molar refractivity (Wildman–Crippen MR) is 62.6 cm³/mol. The number of aryl methyl sites for hydroxylation is 1. The number of halogens is 1. The van der Waals surface area contributed by atoms with Gasteiger partial charge in [-0.15, -0.1) is 0 Å². The number of pyridine rings is 1. The summed E-state index contributed by atoms with van der Waals surface area (Å²) in [5.41, 5.74) is 2.83. The minimum Gasteiger partial charge on any atom is -0.443 e. The highest BCUT2D eigenvalue weighted by atomic mass is 35.5. The lowest BCUT2D eigenvalue weighted by atomic mass is 10.3. The molecule has 16 heavy (non-hydrogen) atoms. The number of aromatic nitrogens is 2. The number of rotatable bonds is 1. The van der Waals surface area contributed by atoms with E-state index in [1.54, 1.807) is 6.07 Å². The number of hydrogen-bond donors (Lipinski definition) is 0. The lowest BCUT2D eigenvalue weighted by Crippen LogP contribution is -1.86. The third kappa shape index (κ3) is 1.41. The predicted octanol–water partition coefficient (Wildman–Crippen LogP) is 3.56. The highest BCUT2D eigenvalue weighted by Gasteiger charge is 2.08. The first-order valence-electron chi connectivity index (χ1n) is 4.94. The normalized spacial score (nSPS) is 11.1. The van der Waals surface area contributed by atoms with E-state index in [-0.39, 0.29) is 0 Å². The van der Waals surface area contributed by atoms with Crippen molar-refractivity contribution >= 4 is 17.2 Å². The second-order valence-electron chi connectivity index (χ2n) is 3.63. The van der Waals surface area contributed by atoms with Crippen LogP contribution in [-0.4, -0.2) is 9.38 Å². The van der Waals surface area contributed by atoms with Gasteiger partial charge in [0.25, 0.3) is 0 Å². The van der Waals surface area contributed by atoms with Crippen molar-refractivity contribution in [3.05, 3.63) is 47.4 Å². The third-order valence-corrected chi connectivity index (χ3v) is 2.72. The van der Waals surface area contributed by atoms with Gasteiger partial charge in [0.2, 0.25) is 0 Å². The van der Waals surface area contributed by atoms with E-state index < -0.39 is 0 Å². The Labute approximate surface area is 97.3 Å². The van der Waals surface area contributed by atoms with E-state index in [0.717, 1.165) is 17.0 Å². The maximum absolute atomic E-state index is 5.74. The van der Waals surface area contributed by atoms with Gasteiger partial charge in [-0.2, -0.15) is 0 Å². The molecule has 0 atom stereocenters. The molecule has 0 aliphatic heterocycles. The Hall–Kier alpha value is -1.74. The zero-order valence-corrected chi connectivity index (χ0v) is 9.40. The van der Waals surface area contributed by atoms with Crippen LogP contribution in [0.15, 0.2) is 40.9 Å². The minimum atomic E-state index is 0.378. The van der Waals surface area contributed by atoms with Crippen LogP contribution in [0.5, 0.6) is 0 Å². The zero-order valence-electron chi connectivity index (χ0n) is 8.64. The quantitative estimate of drug-likeness (QED) is 0.642. The molecule has 0 aliphatic carbocycles. The maximum atomic E-state index is 5.74. The molecule has 3 aromatic rings. The maximum Gasteiger partial charge on any atom is 0.194 e. The van der Waals surface area contributed by atoms with Crippen LogP contribution in [0.1, 0.15) is 5.69 Å². The summed E-state index contributed by atoms with van der Waals surface area (Å²) in [6, 6.07) is 9.51. The lowest BCUT2D eigenvalue weighted by molar-refractivity contribution is 0.582. The van der Waals surface area contributed by atoms with E-state index in [2.05, 4.69) is 4.98 Å². The number of fused-ring (bicyclic) bond motifs is 1. The summed E-state index contributed by atoms with van der Waals surface area (Å²) >= 11 is 5.74. The molecule has 4 heteroatoms. The molecule has 3 heterocycles. The van der Waals surface area contributed by atoms with E-state index in [1.165, 1.54) is 0 Å². The van der Waals surface area contributed by atoms with Gasteiger partial charge in [0.05, 0.1) is 0 Å². The molecule has 0 radical (unpaired) electrons. The van der Waals surface area contributed by atoms with E-state index in [4.69, 9.17) is 16.0 Å². The molecule has 0 saturated heterocycles. The Bertz CT molecular complexity index is 654. The Morgan fingerprint density at radius 2 is 2.12 bits per heavy atom. The van der Waals surface area contributed by atoms with Crippen LogP contribution in [0.4, 0.5) is 0 Å². The molecule has 3 nitrogen and oxygen atoms in total. The second kappa shape index (κ2) is 3.39. The minimum absolute atomic E-state index is 0.378. The second-order valence-corrected chi connectivity index (χ2v) is 4.00. The standard InChI is InChI=1S/C12H9ClN2O/c1-8-3-2-4-12-14-9(7-15(8)12)10-5-6-11(13)16-10/h2-7H,1H3. The number of hydrogen-bond acceptors (Lipinski definition) is 2. The van der Waals surface area contributed by atoms with Gasteiger partial charge < -0.3 is 8.82 Å². The van der Waals surface area contributed by atoms with Crippen molar-refractivity contribution in [3.63, 3.8) is 0 Å². The highest BCUT2D eigenvalue weighted by molar-refractivity contribution is 6.28. The molecule has 0 N–H and O–H groups in total. The van der Waals surface area contributed by atoms with Crippen LogP contribution in [-0.2, 0) is 0 Å². The molecular weight excluding hydrogens is 224 g/mol. The fraction of sp³-hybridized carbons (Fsp3) is 0.0833. The molecule has 0 amide bonds. The summed E-state index contributed by atoms with van der Waals surface area (Å²) in [5.74, 6) is 0.688. The average molecular weight is 233 g/mol. The van der Waals surface area contributed by atoms with Crippen molar-refractivity contribution in [2.24, 2.45) is 0 Å². The molecule has 80 valence electrons. The molecule has 0 bridgehead atoms. The zero-order chi connectivity index (χ0) is 11.1. The first-order chi connectivity index (χ1) is 7.74. The molecule has 0 saturated carbocycles. The molecule has 0 unspecified atom stereocenters. The third-order valence-electron chi connectivity index (χ3n) is 2.52. The van der Waals surface area contributed by atoms with Gasteiger partial charge in [0.1, 0.15) is 11.3 Å². The highest BCUT2D eigenvalue weighted by Crippen LogP contribution is 2.24. The number of nitrogens with zero attached hydrogens (tertiary/aromatic N) is 2. The molecule has 0 spiro atoms. The molecule has 3 rings (SSSR count). The van der Waals surface area contributed by atoms with Crippen LogP contribution >= 0.6 is 11.6 Å². The summed E-state index contributed by atoms with van der Waals surface area (Å²) in [7, 11) is 0. The van der Waals surface area contributed by atoms with Crippen molar-refractivity contribution < 1.29 is 4.42 Å². The van der Waals surface area contributed by atoms with Crippen molar-refractivity contribution in [2.75, 3.05) is 0 Å². The molecule has 0 aromatic carbocycles. The Kier molecular flexibility index (Phi) is 2.01. The van der Waals surface area contributed by atoms with Gasteiger partial charge in [-0.1, -0.05) is 6.07 Å². The van der Waals surface area contributed by atoms with Gasteiger partial charge in [0, 0.05) is 11.9 Å². The molecule has 3 aromatic heterocycles. The number of furan rings is 1. The largest absolute Gasteiger partial charge is 0.443 e.